The number of benzene rings is 1. The minimum atomic E-state index is 0.842. The zero-order valence-electron chi connectivity index (χ0n) is 10.3. The fraction of sp³-hybridized carbons (Fsp3) is 0.385. The van der Waals surface area contributed by atoms with E-state index in [0.717, 1.165) is 30.8 Å². The Hall–Kier alpha value is -1.36. The lowest BCUT2D eigenvalue weighted by atomic mass is 10.1. The minimum absolute atomic E-state index is 0.842. The highest BCUT2D eigenvalue weighted by Crippen LogP contribution is 2.25. The molecule has 1 aliphatic heterocycles. The molecule has 0 saturated carbocycles. The predicted octanol–water partition coefficient (Wildman–Crippen LogP) is 2.50. The molecule has 0 bridgehead atoms. The summed E-state index contributed by atoms with van der Waals surface area (Å²) in [6.45, 7) is 4.98. The van der Waals surface area contributed by atoms with Crippen molar-refractivity contribution in [3.63, 3.8) is 0 Å². The van der Waals surface area contributed by atoms with Gasteiger partial charge in [-0.3, -0.25) is 0 Å². The number of nitrogens with zero attached hydrogens (tertiary/aromatic N) is 4. The summed E-state index contributed by atoms with van der Waals surface area (Å²) in [6.07, 6.45) is 1.81. The summed E-state index contributed by atoms with van der Waals surface area (Å²) in [5.74, 6) is 1.05. The van der Waals surface area contributed by atoms with Gasteiger partial charge in [-0.1, -0.05) is 28.1 Å². The molecule has 1 aromatic heterocycles. The summed E-state index contributed by atoms with van der Waals surface area (Å²) in [5, 5.41) is 9.03. The lowest BCUT2D eigenvalue weighted by Crippen LogP contribution is -2.34. The molecule has 1 aromatic carbocycles. The molecule has 0 spiro atoms. The van der Waals surface area contributed by atoms with Crippen molar-refractivity contribution >= 4 is 21.6 Å². The van der Waals surface area contributed by atoms with E-state index in [1.165, 1.54) is 16.8 Å². The second-order valence-electron chi connectivity index (χ2n) is 4.62. The number of fused-ring (bicyclic) bond motifs is 1. The van der Waals surface area contributed by atoms with E-state index in [9.17, 15) is 0 Å². The Labute approximate surface area is 115 Å². The molecule has 18 heavy (non-hydrogen) atoms. The Bertz CT molecular complexity index is 564. The molecule has 0 unspecified atom stereocenters. The molecular formula is C13H15BrN4. The Kier molecular flexibility index (Phi) is 3.07. The quantitative estimate of drug-likeness (QED) is 0.800. The van der Waals surface area contributed by atoms with Crippen LogP contribution in [0.4, 0.5) is 5.69 Å². The first-order valence-electron chi connectivity index (χ1n) is 6.05. The zero-order valence-corrected chi connectivity index (χ0v) is 11.9. The highest BCUT2D eigenvalue weighted by atomic mass is 79.9. The van der Waals surface area contributed by atoms with Crippen LogP contribution >= 0.6 is 15.9 Å². The SMILES string of the molecule is Cc1cc(CBr)ccc1N1CCn2cnnc2C1. The maximum Gasteiger partial charge on any atom is 0.152 e. The maximum absolute atomic E-state index is 4.16. The smallest absolute Gasteiger partial charge is 0.152 e. The van der Waals surface area contributed by atoms with Gasteiger partial charge in [0.05, 0.1) is 6.54 Å². The standard InChI is InChI=1S/C13H15BrN4/c1-10-6-11(7-14)2-3-12(10)17-4-5-18-9-15-16-13(18)8-17/h2-3,6,9H,4-5,7-8H2,1H3. The molecule has 0 atom stereocenters. The molecule has 2 heterocycles. The number of aromatic nitrogens is 3. The Morgan fingerprint density at radius 1 is 1.33 bits per heavy atom. The van der Waals surface area contributed by atoms with Gasteiger partial charge in [0.15, 0.2) is 5.82 Å². The van der Waals surface area contributed by atoms with Gasteiger partial charge >= 0.3 is 0 Å². The molecule has 0 amide bonds. The van der Waals surface area contributed by atoms with Crippen LogP contribution in [0.15, 0.2) is 24.5 Å². The summed E-state index contributed by atoms with van der Waals surface area (Å²) >= 11 is 3.49. The number of hydrogen-bond donors (Lipinski definition) is 0. The van der Waals surface area contributed by atoms with Crippen molar-refractivity contribution in [1.29, 1.82) is 0 Å². The van der Waals surface area contributed by atoms with Gasteiger partial charge in [0.25, 0.3) is 0 Å². The first-order valence-corrected chi connectivity index (χ1v) is 7.17. The van der Waals surface area contributed by atoms with Gasteiger partial charge in [-0.25, -0.2) is 0 Å². The molecule has 1 aliphatic rings. The molecule has 0 N–H and O–H groups in total. The first-order chi connectivity index (χ1) is 8.78. The molecule has 94 valence electrons. The lowest BCUT2D eigenvalue weighted by molar-refractivity contribution is 0.559. The number of alkyl halides is 1. The average Bonchev–Trinajstić information content (AvgIpc) is 2.85. The highest BCUT2D eigenvalue weighted by molar-refractivity contribution is 9.08. The number of aryl methyl sites for hydroxylation is 1. The van der Waals surface area contributed by atoms with Gasteiger partial charge in [-0.15, -0.1) is 10.2 Å². The van der Waals surface area contributed by atoms with Crippen LogP contribution in [0.3, 0.4) is 0 Å². The molecule has 4 nitrogen and oxygen atoms in total. The fourth-order valence-corrected chi connectivity index (χ4v) is 2.78. The van der Waals surface area contributed by atoms with Crippen LogP contribution in [0.2, 0.25) is 0 Å². The fourth-order valence-electron chi connectivity index (χ4n) is 2.43. The number of halogens is 1. The van der Waals surface area contributed by atoms with Gasteiger partial charge in [0, 0.05) is 24.1 Å². The van der Waals surface area contributed by atoms with Crippen LogP contribution in [-0.4, -0.2) is 21.3 Å². The molecule has 0 radical (unpaired) electrons. The predicted molar refractivity (Wildman–Crippen MR) is 74.9 cm³/mol. The largest absolute Gasteiger partial charge is 0.362 e. The number of hydrogen-bond acceptors (Lipinski definition) is 3. The topological polar surface area (TPSA) is 34.0 Å². The van der Waals surface area contributed by atoms with Crippen molar-refractivity contribution in [3.8, 4) is 0 Å². The van der Waals surface area contributed by atoms with Crippen LogP contribution in [0.5, 0.6) is 0 Å². The molecule has 3 rings (SSSR count). The van der Waals surface area contributed by atoms with Crippen LogP contribution in [0.25, 0.3) is 0 Å². The molecule has 5 heteroatoms. The molecular weight excluding hydrogens is 292 g/mol. The van der Waals surface area contributed by atoms with E-state index < -0.39 is 0 Å². The van der Waals surface area contributed by atoms with E-state index in [1.54, 1.807) is 0 Å². The Morgan fingerprint density at radius 3 is 3.00 bits per heavy atom. The zero-order chi connectivity index (χ0) is 12.5. The summed E-state index contributed by atoms with van der Waals surface area (Å²) in [5.41, 5.74) is 3.94. The van der Waals surface area contributed by atoms with Gasteiger partial charge in [0.2, 0.25) is 0 Å². The molecule has 0 saturated heterocycles. The second kappa shape index (κ2) is 4.72. The van der Waals surface area contributed by atoms with Gasteiger partial charge in [0.1, 0.15) is 6.33 Å². The maximum atomic E-state index is 4.16. The second-order valence-corrected chi connectivity index (χ2v) is 5.18. The third kappa shape index (κ3) is 2.03. The van der Waals surface area contributed by atoms with Crippen LogP contribution in [0.1, 0.15) is 17.0 Å². The first kappa shape index (κ1) is 11.7. The summed E-state index contributed by atoms with van der Waals surface area (Å²) in [4.78, 5) is 2.37. The third-order valence-electron chi connectivity index (χ3n) is 3.40. The van der Waals surface area contributed by atoms with Crippen LogP contribution < -0.4 is 4.90 Å². The van der Waals surface area contributed by atoms with Crippen LogP contribution in [-0.2, 0) is 18.4 Å². The van der Waals surface area contributed by atoms with Crippen LogP contribution in [0, 0.1) is 6.92 Å². The van der Waals surface area contributed by atoms with Gasteiger partial charge < -0.3 is 9.47 Å². The molecule has 2 aromatic rings. The van der Waals surface area contributed by atoms with Crippen molar-refractivity contribution < 1.29 is 0 Å². The molecule has 0 aliphatic carbocycles. The monoisotopic (exact) mass is 306 g/mol. The van der Waals surface area contributed by atoms with E-state index in [1.807, 2.05) is 6.33 Å². The minimum Gasteiger partial charge on any atom is -0.362 e. The van der Waals surface area contributed by atoms with E-state index >= 15 is 0 Å². The van der Waals surface area contributed by atoms with Crippen molar-refractivity contribution in [2.45, 2.75) is 25.3 Å². The molecule has 0 fully saturated rings. The average molecular weight is 307 g/mol. The number of rotatable bonds is 2. The van der Waals surface area contributed by atoms with Crippen molar-refractivity contribution in [2.75, 3.05) is 11.4 Å². The summed E-state index contributed by atoms with van der Waals surface area (Å²) in [7, 11) is 0. The Balaban J connectivity index is 1.88. The third-order valence-corrected chi connectivity index (χ3v) is 4.04. The lowest BCUT2D eigenvalue weighted by Gasteiger charge is -2.30. The van der Waals surface area contributed by atoms with E-state index in [2.05, 4.69) is 60.7 Å². The van der Waals surface area contributed by atoms with Crippen molar-refractivity contribution in [3.05, 3.63) is 41.5 Å². The summed E-state index contributed by atoms with van der Waals surface area (Å²) < 4.78 is 2.12. The van der Waals surface area contributed by atoms with E-state index in [-0.39, 0.29) is 0 Å². The van der Waals surface area contributed by atoms with Gasteiger partial charge in [-0.05, 0) is 24.1 Å². The normalized spacial score (nSPS) is 14.7. The highest BCUT2D eigenvalue weighted by Gasteiger charge is 2.18. The van der Waals surface area contributed by atoms with Crippen molar-refractivity contribution in [2.24, 2.45) is 0 Å². The number of anilines is 1. The summed E-state index contributed by atoms with van der Waals surface area (Å²) in [6, 6.07) is 6.62. The van der Waals surface area contributed by atoms with E-state index in [0.29, 0.717) is 0 Å². The van der Waals surface area contributed by atoms with E-state index in [4.69, 9.17) is 0 Å². The Morgan fingerprint density at radius 2 is 2.22 bits per heavy atom. The van der Waals surface area contributed by atoms with Gasteiger partial charge in [-0.2, -0.15) is 0 Å². The van der Waals surface area contributed by atoms with Crippen molar-refractivity contribution in [1.82, 2.24) is 14.8 Å².